The van der Waals surface area contributed by atoms with Crippen molar-refractivity contribution >= 4 is 34.9 Å². The van der Waals surface area contributed by atoms with E-state index in [4.69, 9.17) is 17.3 Å². The van der Waals surface area contributed by atoms with Gasteiger partial charge in [-0.15, -0.1) is 0 Å². The van der Waals surface area contributed by atoms with Crippen molar-refractivity contribution in [2.45, 2.75) is 13.3 Å². The van der Waals surface area contributed by atoms with E-state index in [2.05, 4.69) is 5.32 Å². The van der Waals surface area contributed by atoms with Crippen LogP contribution in [-0.2, 0) is 9.59 Å². The highest BCUT2D eigenvalue weighted by Crippen LogP contribution is 2.23. The zero-order valence-corrected chi connectivity index (χ0v) is 9.88. The first-order valence-electron chi connectivity index (χ1n) is 4.79. The molecule has 1 aromatic carbocycles. The van der Waals surface area contributed by atoms with Crippen LogP contribution in [0.2, 0.25) is 5.02 Å². The molecule has 0 aliphatic heterocycles. The summed E-state index contributed by atoms with van der Waals surface area (Å²) >= 11 is 5.83. The van der Waals surface area contributed by atoms with Crippen LogP contribution in [0.5, 0.6) is 0 Å². The lowest BCUT2D eigenvalue weighted by Gasteiger charge is -2.07. The fourth-order valence-corrected chi connectivity index (χ4v) is 1.36. The van der Waals surface area contributed by atoms with Crippen molar-refractivity contribution in [1.82, 2.24) is 0 Å². The molecule has 0 atom stereocenters. The van der Waals surface area contributed by atoms with Crippen LogP contribution in [0.15, 0.2) is 18.2 Å². The smallest absolute Gasteiger partial charge is 0.248 e. The Labute approximate surface area is 103 Å². The average Bonchev–Trinajstić information content (AvgIpc) is 2.19. The van der Waals surface area contributed by atoms with Crippen molar-refractivity contribution in [3.8, 4) is 0 Å². The Morgan fingerprint density at radius 3 is 2.53 bits per heavy atom. The summed E-state index contributed by atoms with van der Waals surface area (Å²) in [6.07, 6.45) is -0.239. The van der Waals surface area contributed by atoms with E-state index in [1.54, 1.807) is 0 Å². The summed E-state index contributed by atoms with van der Waals surface area (Å²) in [5.41, 5.74) is 5.58. The van der Waals surface area contributed by atoms with E-state index in [0.717, 1.165) is 0 Å². The minimum Gasteiger partial charge on any atom is -0.366 e. The maximum atomic E-state index is 11.3. The number of halogens is 1. The molecular formula is C11H11ClN2O3. The van der Waals surface area contributed by atoms with Gasteiger partial charge in [0.1, 0.15) is 5.78 Å². The Kier molecular flexibility index (Phi) is 4.23. The molecule has 0 bridgehead atoms. The van der Waals surface area contributed by atoms with Gasteiger partial charge >= 0.3 is 0 Å². The van der Waals surface area contributed by atoms with Crippen molar-refractivity contribution in [3.05, 3.63) is 28.8 Å². The predicted molar refractivity (Wildman–Crippen MR) is 63.9 cm³/mol. The second-order valence-corrected chi connectivity index (χ2v) is 3.89. The second-order valence-electron chi connectivity index (χ2n) is 3.49. The van der Waals surface area contributed by atoms with Gasteiger partial charge in [-0.2, -0.15) is 0 Å². The highest BCUT2D eigenvalue weighted by molar-refractivity contribution is 6.34. The van der Waals surface area contributed by atoms with Gasteiger partial charge in [-0.25, -0.2) is 0 Å². The van der Waals surface area contributed by atoms with E-state index in [0.29, 0.717) is 0 Å². The fourth-order valence-electron chi connectivity index (χ4n) is 1.19. The van der Waals surface area contributed by atoms with Gasteiger partial charge in [-0.3, -0.25) is 14.4 Å². The number of amides is 2. The number of benzene rings is 1. The summed E-state index contributed by atoms with van der Waals surface area (Å²) in [6, 6.07) is 4.26. The van der Waals surface area contributed by atoms with Crippen LogP contribution < -0.4 is 11.1 Å². The number of rotatable bonds is 4. The molecule has 0 aromatic heterocycles. The molecule has 0 unspecified atom stereocenters. The van der Waals surface area contributed by atoms with Crippen molar-refractivity contribution < 1.29 is 14.4 Å². The van der Waals surface area contributed by atoms with Gasteiger partial charge in [0.15, 0.2) is 0 Å². The Morgan fingerprint density at radius 1 is 1.35 bits per heavy atom. The van der Waals surface area contributed by atoms with E-state index >= 15 is 0 Å². The van der Waals surface area contributed by atoms with Crippen LogP contribution in [0.3, 0.4) is 0 Å². The summed E-state index contributed by atoms with van der Waals surface area (Å²) in [5.74, 6) is -1.37. The van der Waals surface area contributed by atoms with E-state index in [-0.39, 0.29) is 28.5 Å². The topological polar surface area (TPSA) is 89.3 Å². The fraction of sp³-hybridized carbons (Fsp3) is 0.182. The second kappa shape index (κ2) is 5.45. The molecule has 2 amide bonds. The van der Waals surface area contributed by atoms with Gasteiger partial charge in [-0.1, -0.05) is 11.6 Å². The van der Waals surface area contributed by atoms with Gasteiger partial charge < -0.3 is 11.1 Å². The molecule has 0 radical (unpaired) electrons. The molecule has 0 heterocycles. The molecule has 90 valence electrons. The molecule has 0 saturated heterocycles. The number of hydrogen-bond acceptors (Lipinski definition) is 3. The zero-order valence-electron chi connectivity index (χ0n) is 9.12. The van der Waals surface area contributed by atoms with Gasteiger partial charge in [0.05, 0.1) is 17.1 Å². The number of anilines is 1. The van der Waals surface area contributed by atoms with Crippen molar-refractivity contribution in [3.63, 3.8) is 0 Å². The molecule has 0 aliphatic carbocycles. The van der Waals surface area contributed by atoms with Crippen molar-refractivity contribution in [2.24, 2.45) is 5.73 Å². The summed E-state index contributed by atoms with van der Waals surface area (Å²) in [5, 5.41) is 2.71. The minimum atomic E-state index is -0.622. The maximum Gasteiger partial charge on any atom is 0.248 e. The molecular weight excluding hydrogens is 244 g/mol. The molecule has 1 aromatic rings. The molecule has 5 nitrogen and oxygen atoms in total. The Balaban J connectivity index is 2.90. The number of carbonyl (C=O) groups is 3. The van der Waals surface area contributed by atoms with Crippen LogP contribution >= 0.6 is 11.6 Å². The lowest BCUT2D eigenvalue weighted by molar-refractivity contribution is -0.124. The standard InChI is InChI=1S/C11H11ClN2O3/c1-6(15)4-10(16)14-9-5-7(11(13)17)2-3-8(9)12/h2-3,5H,4H2,1H3,(H2,13,17)(H,14,16). The van der Waals surface area contributed by atoms with Gasteiger partial charge in [0.25, 0.3) is 0 Å². The number of nitrogens with one attached hydrogen (secondary N) is 1. The van der Waals surface area contributed by atoms with Crippen LogP contribution in [0.4, 0.5) is 5.69 Å². The number of Topliss-reactive ketones (excluding diaryl/α,β-unsaturated/α-hetero) is 1. The molecule has 3 N–H and O–H groups in total. The van der Waals surface area contributed by atoms with E-state index in [9.17, 15) is 14.4 Å². The van der Waals surface area contributed by atoms with Gasteiger partial charge in [0.2, 0.25) is 11.8 Å². The van der Waals surface area contributed by atoms with Crippen molar-refractivity contribution in [1.29, 1.82) is 0 Å². The first-order chi connectivity index (χ1) is 7.90. The number of carbonyl (C=O) groups excluding carboxylic acids is 3. The highest BCUT2D eigenvalue weighted by Gasteiger charge is 2.10. The molecule has 0 spiro atoms. The first-order valence-corrected chi connectivity index (χ1v) is 5.16. The van der Waals surface area contributed by atoms with Crippen LogP contribution in [0.1, 0.15) is 23.7 Å². The minimum absolute atomic E-state index is 0.229. The third-order valence-electron chi connectivity index (χ3n) is 1.93. The summed E-state index contributed by atoms with van der Waals surface area (Å²) in [6.45, 7) is 1.31. The summed E-state index contributed by atoms with van der Waals surface area (Å²) in [4.78, 5) is 33.0. The normalized spacial score (nSPS) is 9.76. The summed E-state index contributed by atoms with van der Waals surface area (Å²) < 4.78 is 0. The lowest BCUT2D eigenvalue weighted by atomic mass is 10.2. The van der Waals surface area contributed by atoms with Gasteiger partial charge in [0, 0.05) is 5.56 Å². The van der Waals surface area contributed by atoms with E-state index in [1.807, 2.05) is 0 Å². The lowest BCUT2D eigenvalue weighted by Crippen LogP contribution is -2.16. The molecule has 0 saturated carbocycles. The molecule has 0 aliphatic rings. The van der Waals surface area contributed by atoms with Gasteiger partial charge in [-0.05, 0) is 25.1 Å². The van der Waals surface area contributed by atoms with Crippen molar-refractivity contribution in [2.75, 3.05) is 5.32 Å². The average molecular weight is 255 g/mol. The number of primary amides is 1. The quantitative estimate of drug-likeness (QED) is 0.795. The third-order valence-corrected chi connectivity index (χ3v) is 2.26. The Bertz CT molecular complexity index is 486. The Morgan fingerprint density at radius 2 is 2.00 bits per heavy atom. The van der Waals surface area contributed by atoms with Crippen LogP contribution in [0, 0.1) is 0 Å². The number of hydrogen-bond donors (Lipinski definition) is 2. The zero-order chi connectivity index (χ0) is 13.0. The summed E-state index contributed by atoms with van der Waals surface area (Å²) in [7, 11) is 0. The number of nitrogens with two attached hydrogens (primary N) is 1. The van der Waals surface area contributed by atoms with Crippen LogP contribution in [0.25, 0.3) is 0 Å². The van der Waals surface area contributed by atoms with E-state index < -0.39 is 11.8 Å². The SMILES string of the molecule is CC(=O)CC(=O)Nc1cc(C(N)=O)ccc1Cl. The predicted octanol–water partition coefficient (Wildman–Crippen LogP) is 1.36. The molecule has 17 heavy (non-hydrogen) atoms. The molecule has 6 heteroatoms. The molecule has 1 rings (SSSR count). The largest absolute Gasteiger partial charge is 0.366 e. The monoisotopic (exact) mass is 254 g/mol. The maximum absolute atomic E-state index is 11.3. The number of ketones is 1. The third kappa shape index (κ3) is 3.88. The van der Waals surface area contributed by atoms with Crippen LogP contribution in [-0.4, -0.2) is 17.6 Å². The van der Waals surface area contributed by atoms with E-state index in [1.165, 1.54) is 25.1 Å². The highest BCUT2D eigenvalue weighted by atomic mass is 35.5. The first kappa shape index (κ1) is 13.2. The Hall–Kier alpha value is -1.88. The molecule has 0 fully saturated rings.